The molecular formula is C18H20N2O2. The minimum absolute atomic E-state index is 0.0142. The SMILES string of the molecule is Cc1ccc(C2CN(C(=O)c3cccnc3)CC(C)O2)cc1. The highest BCUT2D eigenvalue weighted by atomic mass is 16.5. The fraction of sp³-hybridized carbons (Fsp3) is 0.333. The molecule has 0 saturated carbocycles. The number of benzene rings is 1. The molecule has 0 spiro atoms. The maximum absolute atomic E-state index is 12.6. The molecule has 1 aliphatic heterocycles. The molecule has 0 aliphatic carbocycles. The van der Waals surface area contributed by atoms with Crippen LogP contribution in [0.4, 0.5) is 0 Å². The van der Waals surface area contributed by atoms with E-state index in [1.807, 2.05) is 11.8 Å². The van der Waals surface area contributed by atoms with Gasteiger partial charge in [0.2, 0.25) is 0 Å². The summed E-state index contributed by atoms with van der Waals surface area (Å²) in [5.74, 6) is 0.0142. The first-order valence-electron chi connectivity index (χ1n) is 7.55. The molecular weight excluding hydrogens is 276 g/mol. The Balaban J connectivity index is 1.79. The van der Waals surface area contributed by atoms with E-state index in [0.29, 0.717) is 18.7 Å². The van der Waals surface area contributed by atoms with Gasteiger partial charge in [0, 0.05) is 18.9 Å². The van der Waals surface area contributed by atoms with E-state index in [4.69, 9.17) is 4.74 Å². The monoisotopic (exact) mass is 296 g/mol. The first-order chi connectivity index (χ1) is 10.6. The summed E-state index contributed by atoms with van der Waals surface area (Å²) in [4.78, 5) is 18.5. The maximum Gasteiger partial charge on any atom is 0.255 e. The van der Waals surface area contributed by atoms with Gasteiger partial charge in [-0.05, 0) is 31.5 Å². The largest absolute Gasteiger partial charge is 0.367 e. The molecule has 0 N–H and O–H groups in total. The number of aryl methyl sites for hydroxylation is 1. The van der Waals surface area contributed by atoms with E-state index in [9.17, 15) is 4.79 Å². The van der Waals surface area contributed by atoms with Crippen molar-refractivity contribution in [3.63, 3.8) is 0 Å². The quantitative estimate of drug-likeness (QED) is 0.855. The smallest absolute Gasteiger partial charge is 0.255 e. The van der Waals surface area contributed by atoms with E-state index >= 15 is 0 Å². The Morgan fingerprint density at radius 2 is 2.00 bits per heavy atom. The minimum atomic E-state index is -0.0787. The average Bonchev–Trinajstić information content (AvgIpc) is 2.55. The minimum Gasteiger partial charge on any atom is -0.367 e. The fourth-order valence-corrected chi connectivity index (χ4v) is 2.75. The second-order valence-corrected chi connectivity index (χ2v) is 5.80. The van der Waals surface area contributed by atoms with Crippen LogP contribution in [0.1, 0.15) is 34.5 Å². The number of morpholine rings is 1. The molecule has 2 aromatic rings. The number of pyridine rings is 1. The zero-order chi connectivity index (χ0) is 15.5. The van der Waals surface area contributed by atoms with Gasteiger partial charge in [-0.25, -0.2) is 0 Å². The first-order valence-corrected chi connectivity index (χ1v) is 7.55. The number of ether oxygens (including phenoxy) is 1. The summed E-state index contributed by atoms with van der Waals surface area (Å²) in [6.45, 7) is 5.24. The molecule has 114 valence electrons. The molecule has 22 heavy (non-hydrogen) atoms. The van der Waals surface area contributed by atoms with Crippen molar-refractivity contribution in [3.05, 3.63) is 65.5 Å². The van der Waals surface area contributed by atoms with Crippen LogP contribution in [0.25, 0.3) is 0 Å². The molecule has 4 nitrogen and oxygen atoms in total. The van der Waals surface area contributed by atoms with Gasteiger partial charge in [0.05, 0.1) is 18.2 Å². The van der Waals surface area contributed by atoms with Crippen LogP contribution in [0.15, 0.2) is 48.8 Å². The van der Waals surface area contributed by atoms with Crippen LogP contribution < -0.4 is 0 Å². The highest BCUT2D eigenvalue weighted by molar-refractivity contribution is 5.94. The van der Waals surface area contributed by atoms with Crippen LogP contribution in [-0.4, -0.2) is 35.0 Å². The molecule has 0 radical (unpaired) electrons. The molecule has 2 heterocycles. The molecule has 1 saturated heterocycles. The number of hydrogen-bond acceptors (Lipinski definition) is 3. The van der Waals surface area contributed by atoms with Crippen molar-refractivity contribution in [1.82, 2.24) is 9.88 Å². The van der Waals surface area contributed by atoms with E-state index < -0.39 is 0 Å². The molecule has 1 aromatic heterocycles. The molecule has 0 bridgehead atoms. The van der Waals surface area contributed by atoms with Gasteiger partial charge in [-0.3, -0.25) is 9.78 Å². The van der Waals surface area contributed by atoms with E-state index in [-0.39, 0.29) is 18.1 Å². The summed E-state index contributed by atoms with van der Waals surface area (Å²) in [6.07, 6.45) is 3.22. The van der Waals surface area contributed by atoms with Crippen LogP contribution in [-0.2, 0) is 4.74 Å². The van der Waals surface area contributed by atoms with Crippen LogP contribution in [0.3, 0.4) is 0 Å². The second-order valence-electron chi connectivity index (χ2n) is 5.80. The molecule has 2 unspecified atom stereocenters. The fourth-order valence-electron chi connectivity index (χ4n) is 2.75. The van der Waals surface area contributed by atoms with Crippen LogP contribution in [0.2, 0.25) is 0 Å². The zero-order valence-corrected chi connectivity index (χ0v) is 12.9. The van der Waals surface area contributed by atoms with Crippen molar-refractivity contribution in [1.29, 1.82) is 0 Å². The molecule has 1 aromatic carbocycles. The van der Waals surface area contributed by atoms with Gasteiger partial charge in [-0.1, -0.05) is 29.8 Å². The molecule has 2 atom stereocenters. The van der Waals surface area contributed by atoms with Crippen LogP contribution in [0.5, 0.6) is 0 Å². The molecule has 1 aliphatic rings. The van der Waals surface area contributed by atoms with Gasteiger partial charge in [0.15, 0.2) is 0 Å². The third kappa shape index (κ3) is 3.17. The van der Waals surface area contributed by atoms with Gasteiger partial charge in [0.1, 0.15) is 6.10 Å². The third-order valence-corrected chi connectivity index (χ3v) is 3.91. The summed E-state index contributed by atoms with van der Waals surface area (Å²) in [5, 5.41) is 0. The summed E-state index contributed by atoms with van der Waals surface area (Å²) >= 11 is 0. The Bertz CT molecular complexity index is 640. The topological polar surface area (TPSA) is 42.4 Å². The van der Waals surface area contributed by atoms with E-state index in [1.54, 1.807) is 24.5 Å². The zero-order valence-electron chi connectivity index (χ0n) is 12.9. The number of amides is 1. The molecule has 1 fully saturated rings. The van der Waals surface area contributed by atoms with Gasteiger partial charge >= 0.3 is 0 Å². The van der Waals surface area contributed by atoms with Gasteiger partial charge in [-0.15, -0.1) is 0 Å². The predicted molar refractivity (Wildman–Crippen MR) is 84.6 cm³/mol. The predicted octanol–water partition coefficient (Wildman–Crippen LogP) is 2.99. The van der Waals surface area contributed by atoms with E-state index in [1.165, 1.54) is 5.56 Å². The highest BCUT2D eigenvalue weighted by Gasteiger charge is 2.29. The van der Waals surface area contributed by atoms with Crippen molar-refractivity contribution in [3.8, 4) is 0 Å². The Kier molecular flexibility index (Phi) is 4.20. The normalized spacial score (nSPS) is 21.6. The van der Waals surface area contributed by atoms with Gasteiger partial charge in [-0.2, -0.15) is 0 Å². The molecule has 4 heteroatoms. The number of carbonyl (C=O) groups is 1. The lowest BCUT2D eigenvalue weighted by Crippen LogP contribution is -2.46. The van der Waals surface area contributed by atoms with Crippen molar-refractivity contribution in [2.45, 2.75) is 26.1 Å². The Hall–Kier alpha value is -2.20. The lowest BCUT2D eigenvalue weighted by Gasteiger charge is -2.37. The summed E-state index contributed by atoms with van der Waals surface area (Å²) in [6, 6.07) is 11.9. The lowest BCUT2D eigenvalue weighted by atomic mass is 10.0. The van der Waals surface area contributed by atoms with Crippen molar-refractivity contribution in [2.24, 2.45) is 0 Å². The summed E-state index contributed by atoms with van der Waals surface area (Å²) in [7, 11) is 0. The van der Waals surface area contributed by atoms with Gasteiger partial charge in [0.25, 0.3) is 5.91 Å². The van der Waals surface area contributed by atoms with Crippen molar-refractivity contribution < 1.29 is 9.53 Å². The number of hydrogen-bond donors (Lipinski definition) is 0. The molecule has 3 rings (SSSR count). The Labute approximate surface area is 130 Å². The number of nitrogens with zero attached hydrogens (tertiary/aromatic N) is 2. The second kappa shape index (κ2) is 6.28. The highest BCUT2D eigenvalue weighted by Crippen LogP contribution is 2.26. The van der Waals surface area contributed by atoms with E-state index in [2.05, 4.69) is 36.2 Å². The Morgan fingerprint density at radius 3 is 2.68 bits per heavy atom. The number of aromatic nitrogens is 1. The average molecular weight is 296 g/mol. The maximum atomic E-state index is 12.6. The summed E-state index contributed by atoms with van der Waals surface area (Å²) in [5.41, 5.74) is 2.95. The molecule has 1 amide bonds. The number of rotatable bonds is 2. The van der Waals surface area contributed by atoms with E-state index in [0.717, 1.165) is 5.56 Å². The van der Waals surface area contributed by atoms with Crippen molar-refractivity contribution in [2.75, 3.05) is 13.1 Å². The standard InChI is InChI=1S/C18H20N2O2/c1-13-5-7-15(8-6-13)17-12-20(11-14(2)22-17)18(21)16-4-3-9-19-10-16/h3-10,14,17H,11-12H2,1-2H3. The first kappa shape index (κ1) is 14.7. The number of carbonyl (C=O) groups excluding carboxylic acids is 1. The van der Waals surface area contributed by atoms with Gasteiger partial charge < -0.3 is 9.64 Å². The van der Waals surface area contributed by atoms with Crippen LogP contribution in [0, 0.1) is 6.92 Å². The Morgan fingerprint density at radius 1 is 1.23 bits per heavy atom. The third-order valence-electron chi connectivity index (χ3n) is 3.91. The van der Waals surface area contributed by atoms with Crippen LogP contribution >= 0.6 is 0 Å². The van der Waals surface area contributed by atoms with Crippen molar-refractivity contribution >= 4 is 5.91 Å². The summed E-state index contributed by atoms with van der Waals surface area (Å²) < 4.78 is 6.02. The lowest BCUT2D eigenvalue weighted by molar-refractivity contribution is -0.0691.